The first-order valence-corrected chi connectivity index (χ1v) is 6.89. The van der Waals surface area contributed by atoms with E-state index in [1.54, 1.807) is 0 Å². The first-order chi connectivity index (χ1) is 9.45. The molecule has 0 aromatic rings. The molecular formula is C15H20O5. The zero-order chi connectivity index (χ0) is 14.9. The van der Waals surface area contributed by atoms with Gasteiger partial charge in [-0.3, -0.25) is 0 Å². The number of cyclic esters (lactones) is 1. The molecule has 5 nitrogen and oxygen atoms in total. The fourth-order valence-electron chi connectivity index (χ4n) is 3.13. The monoisotopic (exact) mass is 280 g/mol. The third-order valence-electron chi connectivity index (χ3n) is 4.23. The number of hydrogen-bond donors (Lipinski definition) is 2. The van der Waals surface area contributed by atoms with Crippen LogP contribution in [0.3, 0.4) is 0 Å². The number of aliphatic carboxylic acids is 1. The fraction of sp³-hybridized carbons (Fsp3) is 0.600. The van der Waals surface area contributed by atoms with E-state index in [0.717, 1.165) is 18.4 Å². The van der Waals surface area contributed by atoms with Gasteiger partial charge < -0.3 is 14.9 Å². The summed E-state index contributed by atoms with van der Waals surface area (Å²) in [5, 5.41) is 18.3. The molecule has 110 valence electrons. The van der Waals surface area contributed by atoms with Crippen LogP contribution < -0.4 is 0 Å². The molecule has 0 saturated carbocycles. The van der Waals surface area contributed by atoms with Gasteiger partial charge in [-0.1, -0.05) is 19.9 Å². The largest absolute Gasteiger partial charge is 0.478 e. The summed E-state index contributed by atoms with van der Waals surface area (Å²) in [6, 6.07) is 0. The molecule has 2 N–H and O–H groups in total. The molecule has 0 unspecified atom stereocenters. The molecule has 20 heavy (non-hydrogen) atoms. The van der Waals surface area contributed by atoms with Gasteiger partial charge in [-0.25, -0.2) is 9.59 Å². The Morgan fingerprint density at radius 3 is 2.75 bits per heavy atom. The van der Waals surface area contributed by atoms with Gasteiger partial charge >= 0.3 is 11.9 Å². The molecule has 0 spiro atoms. The van der Waals surface area contributed by atoms with Crippen LogP contribution >= 0.6 is 0 Å². The Labute approximate surface area is 117 Å². The molecule has 0 bridgehead atoms. The maximum absolute atomic E-state index is 11.9. The van der Waals surface area contributed by atoms with Crippen molar-refractivity contribution in [1.82, 2.24) is 0 Å². The number of carboxylic acids is 1. The number of carboxylic acid groups (broad SMARTS) is 1. The molecule has 2 rings (SSSR count). The summed E-state index contributed by atoms with van der Waals surface area (Å²) in [6.07, 6.45) is 3.27. The summed E-state index contributed by atoms with van der Waals surface area (Å²) in [5.74, 6) is -1.23. The fourth-order valence-corrected chi connectivity index (χ4v) is 3.13. The van der Waals surface area contributed by atoms with Gasteiger partial charge in [0.05, 0.1) is 12.2 Å². The van der Waals surface area contributed by atoms with Gasteiger partial charge in [0.2, 0.25) is 0 Å². The van der Waals surface area contributed by atoms with Gasteiger partial charge in [0.25, 0.3) is 0 Å². The zero-order valence-electron chi connectivity index (χ0n) is 11.8. The molecule has 5 heteroatoms. The van der Waals surface area contributed by atoms with Crippen molar-refractivity contribution in [3.05, 3.63) is 22.8 Å². The van der Waals surface area contributed by atoms with E-state index >= 15 is 0 Å². The number of rotatable bonds is 4. The Kier molecular flexibility index (Phi) is 4.28. The van der Waals surface area contributed by atoms with Crippen molar-refractivity contribution in [3.63, 3.8) is 0 Å². The van der Waals surface area contributed by atoms with Crippen molar-refractivity contribution in [2.75, 3.05) is 13.2 Å². The number of ether oxygens (including phenoxy) is 1. The Hall–Kier alpha value is -1.62. The van der Waals surface area contributed by atoms with E-state index in [1.807, 2.05) is 0 Å². The summed E-state index contributed by atoms with van der Waals surface area (Å²) in [7, 11) is 0. The Bertz CT molecular complexity index is 486. The number of carbonyl (C=O) groups is 2. The summed E-state index contributed by atoms with van der Waals surface area (Å²) in [6.45, 7) is 3.92. The van der Waals surface area contributed by atoms with Crippen LogP contribution in [0.15, 0.2) is 22.8 Å². The maximum Gasteiger partial charge on any atom is 0.335 e. The van der Waals surface area contributed by atoms with Crippen LogP contribution in [-0.2, 0) is 14.3 Å². The van der Waals surface area contributed by atoms with Crippen LogP contribution in [0.4, 0.5) is 0 Å². The van der Waals surface area contributed by atoms with Crippen LogP contribution in [0.5, 0.6) is 0 Å². The highest BCUT2D eigenvalue weighted by molar-refractivity contribution is 5.94. The molecule has 0 saturated heterocycles. The highest BCUT2D eigenvalue weighted by Gasteiger charge is 2.39. The van der Waals surface area contributed by atoms with Gasteiger partial charge in [-0.05, 0) is 30.3 Å². The molecule has 1 aliphatic heterocycles. The van der Waals surface area contributed by atoms with Gasteiger partial charge in [0.15, 0.2) is 0 Å². The summed E-state index contributed by atoms with van der Waals surface area (Å²) in [5.41, 5.74) is 1.53. The van der Waals surface area contributed by atoms with Crippen molar-refractivity contribution in [2.24, 2.45) is 17.8 Å². The average Bonchev–Trinajstić information content (AvgIpc) is 2.77. The molecule has 0 amide bonds. The van der Waals surface area contributed by atoms with E-state index in [9.17, 15) is 14.7 Å². The second kappa shape index (κ2) is 5.79. The smallest absolute Gasteiger partial charge is 0.335 e. The lowest BCUT2D eigenvalue weighted by molar-refractivity contribution is -0.137. The summed E-state index contributed by atoms with van der Waals surface area (Å²) in [4.78, 5) is 23.0. The lowest BCUT2D eigenvalue weighted by atomic mass is 9.70. The molecule has 1 heterocycles. The van der Waals surface area contributed by atoms with Crippen molar-refractivity contribution < 1.29 is 24.5 Å². The van der Waals surface area contributed by atoms with Crippen LogP contribution in [0.1, 0.15) is 26.7 Å². The molecule has 1 aliphatic carbocycles. The Morgan fingerprint density at radius 2 is 2.20 bits per heavy atom. The van der Waals surface area contributed by atoms with Crippen molar-refractivity contribution >= 4 is 11.9 Å². The van der Waals surface area contributed by atoms with Crippen LogP contribution in [0.25, 0.3) is 0 Å². The molecule has 2 atom stereocenters. The normalized spacial score (nSPS) is 26.8. The number of carbonyl (C=O) groups excluding carboxylic acids is 1. The predicted molar refractivity (Wildman–Crippen MR) is 71.8 cm³/mol. The molecule has 2 aliphatic rings. The van der Waals surface area contributed by atoms with Crippen LogP contribution in [0.2, 0.25) is 0 Å². The standard InChI is InChI=1S/C15H20O5/c1-8(2)11-4-3-9-7-20-15(19)13(9)12(11)5-10(6-16)14(17)18/h5,8,11-12,16H,3-4,6-7H2,1-2H3,(H,17,18)/b10-5+/t11-,12-/m0/s1. The Morgan fingerprint density at radius 1 is 1.50 bits per heavy atom. The minimum atomic E-state index is -1.14. The molecule has 0 radical (unpaired) electrons. The highest BCUT2D eigenvalue weighted by atomic mass is 16.5. The second-order valence-electron chi connectivity index (χ2n) is 5.72. The van der Waals surface area contributed by atoms with E-state index < -0.39 is 12.6 Å². The summed E-state index contributed by atoms with van der Waals surface area (Å²) < 4.78 is 5.08. The molecular weight excluding hydrogens is 260 g/mol. The third-order valence-corrected chi connectivity index (χ3v) is 4.23. The van der Waals surface area contributed by atoms with E-state index in [0.29, 0.717) is 18.1 Å². The van der Waals surface area contributed by atoms with Crippen LogP contribution in [-0.4, -0.2) is 35.4 Å². The number of hydrogen-bond acceptors (Lipinski definition) is 4. The zero-order valence-corrected chi connectivity index (χ0v) is 11.8. The maximum atomic E-state index is 11.9. The van der Waals surface area contributed by atoms with E-state index in [2.05, 4.69) is 13.8 Å². The van der Waals surface area contributed by atoms with Crippen LogP contribution in [0, 0.1) is 17.8 Å². The van der Waals surface area contributed by atoms with Crippen molar-refractivity contribution in [3.8, 4) is 0 Å². The summed E-state index contributed by atoms with van der Waals surface area (Å²) >= 11 is 0. The second-order valence-corrected chi connectivity index (χ2v) is 5.72. The molecule has 0 aromatic carbocycles. The number of allylic oxidation sites excluding steroid dienone is 1. The highest BCUT2D eigenvalue weighted by Crippen LogP contribution is 2.43. The average molecular weight is 280 g/mol. The van der Waals surface area contributed by atoms with E-state index in [4.69, 9.17) is 9.84 Å². The SMILES string of the molecule is CC(C)[C@@H]1CCC2=C(C(=O)OC2)[C@H]1/C=C(\CO)C(=O)O. The van der Waals surface area contributed by atoms with E-state index in [-0.39, 0.29) is 23.4 Å². The lowest BCUT2D eigenvalue weighted by Crippen LogP contribution is -2.28. The number of aliphatic hydroxyl groups is 1. The van der Waals surface area contributed by atoms with Gasteiger partial charge in [0, 0.05) is 11.5 Å². The number of aliphatic hydroxyl groups excluding tert-OH is 1. The van der Waals surface area contributed by atoms with Gasteiger partial charge in [-0.15, -0.1) is 0 Å². The first kappa shape index (κ1) is 14.8. The van der Waals surface area contributed by atoms with Crippen molar-refractivity contribution in [1.29, 1.82) is 0 Å². The van der Waals surface area contributed by atoms with E-state index in [1.165, 1.54) is 6.08 Å². The van der Waals surface area contributed by atoms with Crippen molar-refractivity contribution in [2.45, 2.75) is 26.7 Å². The lowest BCUT2D eigenvalue weighted by Gasteiger charge is -2.32. The third kappa shape index (κ3) is 2.63. The number of esters is 1. The predicted octanol–water partition coefficient (Wildman–Crippen LogP) is 1.53. The topological polar surface area (TPSA) is 83.8 Å². The Balaban J connectivity index is 2.43. The molecule has 0 aromatic heterocycles. The minimum absolute atomic E-state index is 0.0610. The van der Waals surface area contributed by atoms with Gasteiger partial charge in [-0.2, -0.15) is 0 Å². The molecule has 0 fully saturated rings. The first-order valence-electron chi connectivity index (χ1n) is 6.89. The quantitative estimate of drug-likeness (QED) is 0.602. The van der Waals surface area contributed by atoms with Gasteiger partial charge in [0.1, 0.15) is 6.61 Å². The minimum Gasteiger partial charge on any atom is -0.478 e.